The fraction of sp³-hybridized carbons (Fsp3) is 0.190. The van der Waals surface area contributed by atoms with Gasteiger partial charge in [0.15, 0.2) is 5.78 Å². The van der Waals surface area contributed by atoms with Crippen LogP contribution in [0.2, 0.25) is 0 Å². The Kier molecular flexibility index (Phi) is 5.15. The molecule has 5 nitrogen and oxygen atoms in total. The van der Waals surface area contributed by atoms with Crippen LogP contribution in [0, 0.1) is 0 Å². The number of carbonyl (C=O) groups excluding carboxylic acids is 3. The number of hydrogen-bond donors (Lipinski definition) is 1. The van der Waals surface area contributed by atoms with Crippen molar-refractivity contribution in [2.24, 2.45) is 0 Å². The molecule has 0 atom stereocenters. The number of rotatable bonds is 5. The Hall–Kier alpha value is -2.92. The first-order valence-electron chi connectivity index (χ1n) is 8.56. The number of nitrogens with one attached hydrogen (secondary N) is 1. The van der Waals surface area contributed by atoms with E-state index in [9.17, 15) is 14.4 Å². The Morgan fingerprint density at radius 2 is 1.56 bits per heavy atom. The molecule has 1 aliphatic rings. The number of ketones is 1. The first kappa shape index (κ1) is 18.9. The third-order valence-corrected chi connectivity index (χ3v) is 4.76. The summed E-state index contributed by atoms with van der Waals surface area (Å²) in [4.78, 5) is 37.7. The molecule has 0 spiro atoms. The molecule has 2 amide bonds. The number of halogens is 1. The lowest BCUT2D eigenvalue weighted by Crippen LogP contribution is -2.32. The molecule has 6 heteroatoms. The minimum atomic E-state index is -0.568. The maximum atomic E-state index is 12.8. The van der Waals surface area contributed by atoms with Gasteiger partial charge in [-0.05, 0) is 54.8 Å². The van der Waals surface area contributed by atoms with Crippen LogP contribution in [0.25, 0.3) is 0 Å². The molecule has 138 valence electrons. The standard InChI is InChI=1S/C21H19ClN2O3/c1-12(2)14-6-10-17(11-7-14)24-20(26)18(22)19(21(24)27)23-16-8-4-15(5-9-16)13(3)25/h4-12,23H,1-3H3. The van der Waals surface area contributed by atoms with Crippen LogP contribution in [0.5, 0.6) is 0 Å². The Morgan fingerprint density at radius 3 is 2.07 bits per heavy atom. The summed E-state index contributed by atoms with van der Waals surface area (Å²) in [6.45, 7) is 5.61. The van der Waals surface area contributed by atoms with Crippen molar-refractivity contribution in [3.8, 4) is 0 Å². The first-order valence-corrected chi connectivity index (χ1v) is 8.94. The minimum absolute atomic E-state index is 0.0187. The fourth-order valence-electron chi connectivity index (χ4n) is 2.79. The van der Waals surface area contributed by atoms with E-state index in [4.69, 9.17) is 11.6 Å². The lowest BCUT2D eigenvalue weighted by Gasteiger charge is -2.16. The zero-order valence-electron chi connectivity index (χ0n) is 15.2. The third kappa shape index (κ3) is 3.64. The second-order valence-electron chi connectivity index (χ2n) is 6.64. The molecule has 1 N–H and O–H groups in total. The largest absolute Gasteiger partial charge is 0.350 e. The summed E-state index contributed by atoms with van der Waals surface area (Å²) in [5.41, 5.74) is 2.72. The van der Waals surface area contributed by atoms with Gasteiger partial charge in [-0.1, -0.05) is 37.6 Å². The lowest BCUT2D eigenvalue weighted by molar-refractivity contribution is -0.120. The Balaban J connectivity index is 1.84. The van der Waals surface area contributed by atoms with Crippen LogP contribution in [0.1, 0.15) is 42.6 Å². The minimum Gasteiger partial charge on any atom is -0.350 e. The van der Waals surface area contributed by atoms with E-state index in [1.807, 2.05) is 12.1 Å². The summed E-state index contributed by atoms with van der Waals surface area (Å²) < 4.78 is 0. The van der Waals surface area contributed by atoms with Crippen LogP contribution in [-0.2, 0) is 9.59 Å². The highest BCUT2D eigenvalue weighted by Gasteiger charge is 2.38. The van der Waals surface area contributed by atoms with Gasteiger partial charge in [0.1, 0.15) is 10.7 Å². The molecular weight excluding hydrogens is 364 g/mol. The lowest BCUT2D eigenvalue weighted by atomic mass is 10.0. The highest BCUT2D eigenvalue weighted by molar-refractivity contribution is 6.53. The second kappa shape index (κ2) is 7.37. The Morgan fingerprint density at radius 1 is 0.963 bits per heavy atom. The van der Waals surface area contributed by atoms with E-state index in [1.54, 1.807) is 36.4 Å². The summed E-state index contributed by atoms with van der Waals surface area (Å²) in [5, 5.41) is 2.73. The molecule has 0 saturated heterocycles. The van der Waals surface area contributed by atoms with E-state index in [0.717, 1.165) is 10.5 Å². The Labute approximate surface area is 162 Å². The van der Waals surface area contributed by atoms with E-state index < -0.39 is 11.8 Å². The summed E-state index contributed by atoms with van der Waals surface area (Å²) in [7, 11) is 0. The van der Waals surface area contributed by atoms with E-state index in [0.29, 0.717) is 22.9 Å². The highest BCUT2D eigenvalue weighted by atomic mass is 35.5. The van der Waals surface area contributed by atoms with E-state index in [2.05, 4.69) is 19.2 Å². The highest BCUT2D eigenvalue weighted by Crippen LogP contribution is 2.31. The van der Waals surface area contributed by atoms with E-state index in [1.165, 1.54) is 6.92 Å². The van der Waals surface area contributed by atoms with Gasteiger partial charge in [-0.3, -0.25) is 14.4 Å². The average molecular weight is 383 g/mol. The van der Waals surface area contributed by atoms with Crippen molar-refractivity contribution in [2.75, 3.05) is 10.2 Å². The van der Waals surface area contributed by atoms with Gasteiger partial charge in [-0.2, -0.15) is 0 Å². The van der Waals surface area contributed by atoms with Crippen molar-refractivity contribution in [3.63, 3.8) is 0 Å². The zero-order valence-corrected chi connectivity index (χ0v) is 16.0. The molecule has 0 unspecified atom stereocenters. The second-order valence-corrected chi connectivity index (χ2v) is 7.02. The summed E-state index contributed by atoms with van der Waals surface area (Å²) in [6.07, 6.45) is 0. The van der Waals surface area contributed by atoms with Gasteiger partial charge >= 0.3 is 0 Å². The smallest absolute Gasteiger partial charge is 0.283 e. The zero-order chi connectivity index (χ0) is 19.7. The summed E-state index contributed by atoms with van der Waals surface area (Å²) in [5.74, 6) is -0.789. The number of hydrogen-bond acceptors (Lipinski definition) is 4. The maximum Gasteiger partial charge on any atom is 0.283 e. The number of nitrogens with zero attached hydrogens (tertiary/aromatic N) is 1. The van der Waals surface area contributed by atoms with Gasteiger partial charge in [0.25, 0.3) is 11.8 Å². The molecule has 2 aromatic carbocycles. The van der Waals surface area contributed by atoms with Crippen LogP contribution in [0.4, 0.5) is 11.4 Å². The summed E-state index contributed by atoms with van der Waals surface area (Å²) in [6, 6.07) is 13.9. The van der Waals surface area contributed by atoms with Crippen molar-refractivity contribution >= 4 is 40.6 Å². The molecule has 1 heterocycles. The molecule has 0 fully saturated rings. The van der Waals surface area contributed by atoms with Gasteiger partial charge in [-0.15, -0.1) is 0 Å². The molecule has 27 heavy (non-hydrogen) atoms. The predicted molar refractivity (Wildman–Crippen MR) is 106 cm³/mol. The first-order chi connectivity index (χ1) is 12.8. The van der Waals surface area contributed by atoms with Gasteiger partial charge in [0, 0.05) is 11.3 Å². The SMILES string of the molecule is CC(=O)c1ccc(NC2=C(Cl)C(=O)N(c3ccc(C(C)C)cc3)C2=O)cc1. The van der Waals surface area contributed by atoms with Gasteiger partial charge in [0.05, 0.1) is 5.69 Å². The van der Waals surface area contributed by atoms with Crippen LogP contribution in [0.15, 0.2) is 59.3 Å². The number of Topliss-reactive ketones (excluding diaryl/α,β-unsaturated/α-hetero) is 1. The fourth-order valence-corrected chi connectivity index (χ4v) is 3.00. The molecule has 3 rings (SSSR count). The van der Waals surface area contributed by atoms with Crippen molar-refractivity contribution in [2.45, 2.75) is 26.7 Å². The normalized spacial score (nSPS) is 14.3. The molecule has 0 radical (unpaired) electrons. The van der Waals surface area contributed by atoms with Crippen LogP contribution >= 0.6 is 11.6 Å². The third-order valence-electron chi connectivity index (χ3n) is 4.41. The Bertz CT molecular complexity index is 944. The van der Waals surface area contributed by atoms with Crippen LogP contribution < -0.4 is 10.2 Å². The topological polar surface area (TPSA) is 66.5 Å². The monoisotopic (exact) mass is 382 g/mol. The van der Waals surface area contributed by atoms with Crippen molar-refractivity contribution in [1.29, 1.82) is 0 Å². The number of imide groups is 1. The van der Waals surface area contributed by atoms with Gasteiger partial charge < -0.3 is 5.32 Å². The van der Waals surface area contributed by atoms with Crippen molar-refractivity contribution in [1.82, 2.24) is 0 Å². The molecule has 2 aromatic rings. The van der Waals surface area contributed by atoms with E-state index >= 15 is 0 Å². The molecule has 0 saturated carbocycles. The number of anilines is 2. The van der Waals surface area contributed by atoms with Crippen LogP contribution in [-0.4, -0.2) is 17.6 Å². The number of amides is 2. The van der Waals surface area contributed by atoms with Crippen molar-refractivity contribution in [3.05, 3.63) is 70.4 Å². The molecule has 0 bridgehead atoms. The van der Waals surface area contributed by atoms with Gasteiger partial charge in [0.2, 0.25) is 0 Å². The van der Waals surface area contributed by atoms with Crippen LogP contribution in [0.3, 0.4) is 0 Å². The molecular formula is C21H19ClN2O3. The van der Waals surface area contributed by atoms with Crippen molar-refractivity contribution < 1.29 is 14.4 Å². The number of carbonyl (C=O) groups is 3. The van der Waals surface area contributed by atoms with Gasteiger partial charge in [-0.25, -0.2) is 4.90 Å². The molecule has 0 aromatic heterocycles. The average Bonchev–Trinajstić information content (AvgIpc) is 2.85. The van der Waals surface area contributed by atoms with E-state index in [-0.39, 0.29) is 16.5 Å². The number of benzene rings is 2. The molecule has 0 aliphatic carbocycles. The summed E-state index contributed by atoms with van der Waals surface area (Å²) >= 11 is 6.13. The quantitative estimate of drug-likeness (QED) is 0.613. The predicted octanol–water partition coefficient (Wildman–Crippen LogP) is 4.45. The molecule has 1 aliphatic heterocycles. The maximum absolute atomic E-state index is 12.8.